The Labute approximate surface area is 86.2 Å². The molecule has 14 heavy (non-hydrogen) atoms. The summed E-state index contributed by atoms with van der Waals surface area (Å²) in [5.74, 6) is 1.03. The van der Waals surface area contributed by atoms with E-state index in [-0.39, 0.29) is 11.7 Å². The van der Waals surface area contributed by atoms with Crippen molar-refractivity contribution in [2.45, 2.75) is 6.04 Å². The summed E-state index contributed by atoms with van der Waals surface area (Å²) in [6.45, 7) is 0.899. The van der Waals surface area contributed by atoms with Crippen LogP contribution < -0.4 is 10.9 Å². The largest absolute Gasteiger partial charge is 0.431 e. The van der Waals surface area contributed by atoms with Crippen molar-refractivity contribution in [1.82, 2.24) is 5.32 Å². The molecule has 0 aliphatic carbocycles. The van der Waals surface area contributed by atoms with Gasteiger partial charge in [-0.2, -0.15) is 0 Å². The van der Waals surface area contributed by atoms with E-state index in [0.29, 0.717) is 5.56 Å². The summed E-state index contributed by atoms with van der Waals surface area (Å²) in [6, 6.07) is 3.52. The third-order valence-electron chi connectivity index (χ3n) is 2.05. The quantitative estimate of drug-likeness (QED) is 0.761. The van der Waals surface area contributed by atoms with Gasteiger partial charge in [-0.15, -0.1) is 11.8 Å². The number of nitrogens with one attached hydrogen (secondary N) is 1. The first-order valence-electron chi connectivity index (χ1n) is 4.47. The highest BCUT2D eigenvalue weighted by Crippen LogP contribution is 2.15. The van der Waals surface area contributed by atoms with Gasteiger partial charge >= 0.3 is 5.63 Å². The van der Waals surface area contributed by atoms with Gasteiger partial charge in [-0.3, -0.25) is 0 Å². The first-order valence-corrected chi connectivity index (χ1v) is 5.52. The number of hydrogen-bond acceptors (Lipinski definition) is 4. The fourth-order valence-corrected chi connectivity index (χ4v) is 2.01. The van der Waals surface area contributed by atoms with E-state index >= 15 is 0 Å². The molecule has 1 atom stereocenters. The summed E-state index contributed by atoms with van der Waals surface area (Å²) in [7, 11) is 0. The Hall–Kier alpha value is -1.00. The normalized spacial score (nSPS) is 21.9. The van der Waals surface area contributed by atoms with Gasteiger partial charge in [0.05, 0.1) is 17.9 Å². The molecule has 1 aliphatic heterocycles. The number of rotatable bonds is 1. The van der Waals surface area contributed by atoms with Crippen molar-refractivity contribution in [3.63, 3.8) is 0 Å². The second-order valence-electron chi connectivity index (χ2n) is 2.99. The molecular weight excluding hydrogens is 198 g/mol. The number of hydrogen-bond donors (Lipinski definition) is 1. The molecule has 2 heterocycles. The maximum absolute atomic E-state index is 11.4. The average molecular weight is 209 g/mol. The van der Waals surface area contributed by atoms with Gasteiger partial charge in [0.25, 0.3) is 0 Å². The van der Waals surface area contributed by atoms with E-state index in [4.69, 9.17) is 4.42 Å². The molecule has 0 amide bonds. The lowest BCUT2D eigenvalue weighted by Gasteiger charge is -2.10. The van der Waals surface area contributed by atoms with Crippen molar-refractivity contribution < 1.29 is 4.42 Å². The van der Waals surface area contributed by atoms with Gasteiger partial charge in [0.2, 0.25) is 0 Å². The molecule has 1 aromatic heterocycles. The Balaban J connectivity index is 2.29. The molecule has 0 bridgehead atoms. The molecular formula is C10H11NO2S. The summed E-state index contributed by atoms with van der Waals surface area (Å²) in [5, 5.41) is 5.30. The van der Waals surface area contributed by atoms with Crippen LogP contribution in [0.3, 0.4) is 0 Å². The summed E-state index contributed by atoms with van der Waals surface area (Å²) in [5.41, 5.74) is 0.410. The second-order valence-corrected chi connectivity index (χ2v) is 4.00. The van der Waals surface area contributed by atoms with Crippen LogP contribution in [-0.2, 0) is 0 Å². The van der Waals surface area contributed by atoms with E-state index < -0.39 is 0 Å². The van der Waals surface area contributed by atoms with Crippen LogP contribution in [0.2, 0.25) is 0 Å². The van der Waals surface area contributed by atoms with Crippen LogP contribution in [0.4, 0.5) is 0 Å². The zero-order valence-corrected chi connectivity index (χ0v) is 8.42. The first kappa shape index (κ1) is 9.55. The smallest absolute Gasteiger partial charge is 0.340 e. The van der Waals surface area contributed by atoms with Crippen molar-refractivity contribution >= 4 is 11.8 Å². The zero-order valence-electron chi connectivity index (χ0n) is 7.60. The van der Waals surface area contributed by atoms with Gasteiger partial charge in [0.1, 0.15) is 0 Å². The minimum absolute atomic E-state index is 0.0116. The standard InChI is InChI=1S/C10H11NO2S/c12-10-8(2-1-5-13-10)9-3-6-14-7-4-11-9/h1-3,5-6,9,11H,4,7H2. The Morgan fingerprint density at radius 2 is 2.50 bits per heavy atom. The van der Waals surface area contributed by atoms with Crippen LogP contribution in [0.5, 0.6) is 0 Å². The Morgan fingerprint density at radius 1 is 1.57 bits per heavy atom. The number of thioether (sulfide) groups is 1. The SMILES string of the molecule is O=c1occcc1C1C=CSCCN1. The fourth-order valence-electron chi connectivity index (χ4n) is 1.37. The summed E-state index contributed by atoms with van der Waals surface area (Å²) < 4.78 is 4.82. The van der Waals surface area contributed by atoms with Crippen LogP contribution in [-0.4, -0.2) is 12.3 Å². The minimum Gasteiger partial charge on any atom is -0.431 e. The molecule has 1 unspecified atom stereocenters. The monoisotopic (exact) mass is 209 g/mol. The van der Waals surface area contributed by atoms with Crippen LogP contribution in [0.15, 0.2) is 39.1 Å². The molecule has 0 radical (unpaired) electrons. The molecule has 3 nitrogen and oxygen atoms in total. The molecule has 0 saturated heterocycles. The molecule has 0 aromatic carbocycles. The Morgan fingerprint density at radius 3 is 3.36 bits per heavy atom. The third kappa shape index (κ3) is 2.08. The van der Waals surface area contributed by atoms with Crippen molar-refractivity contribution in [2.75, 3.05) is 12.3 Å². The predicted molar refractivity (Wildman–Crippen MR) is 57.3 cm³/mol. The zero-order chi connectivity index (χ0) is 9.80. The summed E-state index contributed by atoms with van der Waals surface area (Å²) >= 11 is 1.74. The van der Waals surface area contributed by atoms with Gasteiger partial charge < -0.3 is 9.73 Å². The van der Waals surface area contributed by atoms with E-state index in [9.17, 15) is 4.79 Å². The highest BCUT2D eigenvalue weighted by molar-refractivity contribution is 8.02. The van der Waals surface area contributed by atoms with E-state index in [0.717, 1.165) is 12.3 Å². The van der Waals surface area contributed by atoms with E-state index in [1.807, 2.05) is 11.5 Å². The highest BCUT2D eigenvalue weighted by atomic mass is 32.2. The molecule has 0 fully saturated rings. The Kier molecular flexibility index (Phi) is 3.06. The maximum Gasteiger partial charge on any atom is 0.340 e. The van der Waals surface area contributed by atoms with Crippen LogP contribution in [0.25, 0.3) is 0 Å². The molecule has 0 spiro atoms. The van der Waals surface area contributed by atoms with Gasteiger partial charge in [-0.1, -0.05) is 6.08 Å². The van der Waals surface area contributed by atoms with E-state index in [1.54, 1.807) is 23.9 Å². The van der Waals surface area contributed by atoms with E-state index in [2.05, 4.69) is 5.32 Å². The fraction of sp³-hybridized carbons (Fsp3) is 0.300. The van der Waals surface area contributed by atoms with Crippen LogP contribution in [0.1, 0.15) is 11.6 Å². The Bertz CT molecular complexity index is 386. The minimum atomic E-state index is -0.262. The first-order chi connectivity index (χ1) is 6.88. The van der Waals surface area contributed by atoms with Gasteiger partial charge in [-0.05, 0) is 17.5 Å². The van der Waals surface area contributed by atoms with Gasteiger partial charge in [-0.25, -0.2) is 4.79 Å². The van der Waals surface area contributed by atoms with Crippen molar-refractivity contribution in [1.29, 1.82) is 0 Å². The molecule has 1 aliphatic rings. The summed E-state index contributed by atoms with van der Waals surface area (Å²) in [6.07, 6.45) is 3.39. The van der Waals surface area contributed by atoms with Crippen molar-refractivity contribution in [3.05, 3.63) is 45.9 Å². The summed E-state index contributed by atoms with van der Waals surface area (Å²) in [4.78, 5) is 11.4. The van der Waals surface area contributed by atoms with Crippen molar-refractivity contribution in [3.8, 4) is 0 Å². The topological polar surface area (TPSA) is 42.2 Å². The average Bonchev–Trinajstić information content (AvgIpc) is 2.47. The lowest BCUT2D eigenvalue weighted by Crippen LogP contribution is -2.25. The maximum atomic E-state index is 11.4. The molecule has 2 rings (SSSR count). The van der Waals surface area contributed by atoms with Gasteiger partial charge in [0, 0.05) is 12.3 Å². The highest BCUT2D eigenvalue weighted by Gasteiger charge is 2.13. The third-order valence-corrected chi connectivity index (χ3v) is 2.84. The van der Waals surface area contributed by atoms with Crippen LogP contribution in [0, 0.1) is 0 Å². The molecule has 74 valence electrons. The van der Waals surface area contributed by atoms with E-state index in [1.165, 1.54) is 6.26 Å². The molecule has 4 heteroatoms. The predicted octanol–water partition coefficient (Wildman–Crippen LogP) is 1.53. The lowest BCUT2D eigenvalue weighted by molar-refractivity contribution is 0.489. The lowest BCUT2D eigenvalue weighted by atomic mass is 10.1. The molecule has 1 N–H and O–H groups in total. The van der Waals surface area contributed by atoms with Crippen molar-refractivity contribution in [2.24, 2.45) is 0 Å². The van der Waals surface area contributed by atoms with Gasteiger partial charge in [0.15, 0.2) is 0 Å². The molecule has 0 saturated carbocycles. The second kappa shape index (κ2) is 4.48. The van der Waals surface area contributed by atoms with Crippen LogP contribution >= 0.6 is 11.8 Å². The molecule has 1 aromatic rings.